The lowest BCUT2D eigenvalue weighted by Gasteiger charge is -2.39. The number of aryl methyl sites for hydroxylation is 1. The van der Waals surface area contributed by atoms with Crippen molar-refractivity contribution in [2.24, 2.45) is 0 Å². The van der Waals surface area contributed by atoms with Crippen LogP contribution in [0.3, 0.4) is 0 Å². The Balaban J connectivity index is 2.31. The molecule has 0 atom stereocenters. The molecule has 1 aliphatic carbocycles. The normalized spacial score (nSPS) is 17.5. The van der Waals surface area contributed by atoms with Gasteiger partial charge in [0.25, 0.3) is 0 Å². The summed E-state index contributed by atoms with van der Waals surface area (Å²) in [6, 6.07) is 8.54. The van der Waals surface area contributed by atoms with Gasteiger partial charge in [-0.1, -0.05) is 49.1 Å². The molecule has 1 aromatic rings. The molecule has 1 amide bonds. The lowest BCUT2D eigenvalue weighted by Crippen LogP contribution is -2.48. The molecule has 0 spiro atoms. The number of nitrogens with zero attached hydrogens (tertiary/aromatic N) is 1. The first kappa shape index (κ1) is 16.0. The molecule has 21 heavy (non-hydrogen) atoms. The van der Waals surface area contributed by atoms with Gasteiger partial charge >= 0.3 is 0 Å². The lowest BCUT2D eigenvalue weighted by molar-refractivity contribution is -0.137. The summed E-state index contributed by atoms with van der Waals surface area (Å²) in [6.07, 6.45) is 5.53. The molecule has 1 saturated carbocycles. The van der Waals surface area contributed by atoms with Gasteiger partial charge in [0.15, 0.2) is 0 Å². The Morgan fingerprint density at radius 1 is 1.29 bits per heavy atom. The third kappa shape index (κ3) is 3.46. The van der Waals surface area contributed by atoms with E-state index in [4.69, 9.17) is 0 Å². The molecule has 0 aliphatic heterocycles. The van der Waals surface area contributed by atoms with Crippen LogP contribution in [0.1, 0.15) is 43.2 Å². The number of carbonyl (C=O) groups is 1. The summed E-state index contributed by atoms with van der Waals surface area (Å²) in [6.45, 7) is 3.71. The fourth-order valence-electron chi connectivity index (χ4n) is 3.47. The average molecular weight is 288 g/mol. The summed E-state index contributed by atoms with van der Waals surface area (Å²) in [4.78, 5) is 15.0. The first-order chi connectivity index (χ1) is 10.1. The fourth-order valence-corrected chi connectivity index (χ4v) is 3.47. The lowest BCUT2D eigenvalue weighted by atomic mass is 9.68. The third-order valence-electron chi connectivity index (χ3n) is 4.73. The molecule has 1 N–H and O–H groups in total. The summed E-state index contributed by atoms with van der Waals surface area (Å²) in [5.41, 5.74) is 2.15. The Morgan fingerprint density at radius 3 is 2.62 bits per heavy atom. The van der Waals surface area contributed by atoms with E-state index in [-0.39, 0.29) is 5.41 Å². The Bertz CT molecular complexity index is 478. The third-order valence-corrected chi connectivity index (χ3v) is 4.73. The monoisotopic (exact) mass is 288 g/mol. The number of likely N-dealkylation sites (N-methyl/N-ethyl adjacent to an activating group) is 2. The van der Waals surface area contributed by atoms with Crippen LogP contribution in [-0.4, -0.2) is 38.0 Å². The largest absolute Gasteiger partial charge is 0.344 e. The van der Waals surface area contributed by atoms with Gasteiger partial charge < -0.3 is 10.2 Å². The molecule has 0 saturated heterocycles. The van der Waals surface area contributed by atoms with E-state index in [9.17, 15) is 4.79 Å². The highest BCUT2D eigenvalue weighted by Crippen LogP contribution is 2.41. The van der Waals surface area contributed by atoms with Crippen molar-refractivity contribution in [3.05, 3.63) is 35.4 Å². The summed E-state index contributed by atoms with van der Waals surface area (Å²) < 4.78 is 0. The molecule has 3 heteroatoms. The Morgan fingerprint density at radius 2 is 2.00 bits per heavy atom. The van der Waals surface area contributed by atoms with Crippen molar-refractivity contribution in [1.82, 2.24) is 10.2 Å². The van der Waals surface area contributed by atoms with E-state index in [1.54, 1.807) is 0 Å². The summed E-state index contributed by atoms with van der Waals surface area (Å²) in [7, 11) is 3.86. The van der Waals surface area contributed by atoms with Crippen LogP contribution in [0.15, 0.2) is 24.3 Å². The predicted octanol–water partition coefficient (Wildman–Crippen LogP) is 2.87. The van der Waals surface area contributed by atoms with E-state index in [1.807, 2.05) is 19.0 Å². The highest BCUT2D eigenvalue weighted by molar-refractivity contribution is 5.88. The van der Waals surface area contributed by atoms with Crippen LogP contribution in [0, 0.1) is 6.92 Å². The van der Waals surface area contributed by atoms with Gasteiger partial charge in [-0.3, -0.25) is 4.79 Å². The maximum Gasteiger partial charge on any atom is 0.233 e. The molecule has 3 nitrogen and oxygen atoms in total. The predicted molar refractivity (Wildman–Crippen MR) is 87.5 cm³/mol. The van der Waals surface area contributed by atoms with Gasteiger partial charge in [-0.05, 0) is 32.4 Å². The Labute approximate surface area is 128 Å². The summed E-state index contributed by atoms with van der Waals surface area (Å²) in [5, 5.41) is 3.12. The van der Waals surface area contributed by atoms with Gasteiger partial charge in [0.2, 0.25) is 5.91 Å². The van der Waals surface area contributed by atoms with Gasteiger partial charge in [-0.2, -0.15) is 0 Å². The van der Waals surface area contributed by atoms with E-state index in [0.29, 0.717) is 5.91 Å². The minimum Gasteiger partial charge on any atom is -0.344 e. The van der Waals surface area contributed by atoms with Crippen LogP contribution in [0.2, 0.25) is 0 Å². The average Bonchev–Trinajstić information content (AvgIpc) is 2.52. The maximum absolute atomic E-state index is 13.1. The van der Waals surface area contributed by atoms with Crippen LogP contribution in [0.5, 0.6) is 0 Å². The smallest absolute Gasteiger partial charge is 0.233 e. The van der Waals surface area contributed by atoms with Crippen molar-refractivity contribution >= 4 is 5.91 Å². The highest BCUT2D eigenvalue weighted by Gasteiger charge is 2.42. The van der Waals surface area contributed by atoms with Crippen molar-refractivity contribution in [3.63, 3.8) is 0 Å². The number of carbonyl (C=O) groups excluding carboxylic acids is 1. The van der Waals surface area contributed by atoms with Crippen LogP contribution in [0.4, 0.5) is 0 Å². The second kappa shape index (κ2) is 7.08. The quantitative estimate of drug-likeness (QED) is 0.903. The van der Waals surface area contributed by atoms with Gasteiger partial charge in [0, 0.05) is 20.1 Å². The minimum absolute atomic E-state index is 0.294. The van der Waals surface area contributed by atoms with Gasteiger partial charge in [-0.15, -0.1) is 0 Å². The number of hydrogen-bond donors (Lipinski definition) is 1. The van der Waals surface area contributed by atoms with Crippen LogP contribution in [0.25, 0.3) is 0 Å². The number of nitrogens with one attached hydrogen (secondary N) is 1. The number of hydrogen-bond acceptors (Lipinski definition) is 2. The molecule has 1 aliphatic rings. The first-order valence-corrected chi connectivity index (χ1v) is 8.07. The number of benzene rings is 1. The van der Waals surface area contributed by atoms with Crippen LogP contribution >= 0.6 is 0 Å². The molecule has 116 valence electrons. The zero-order chi connectivity index (χ0) is 15.3. The Kier molecular flexibility index (Phi) is 5.40. The van der Waals surface area contributed by atoms with Gasteiger partial charge in [-0.25, -0.2) is 0 Å². The molecule has 2 rings (SSSR count). The highest BCUT2D eigenvalue weighted by atomic mass is 16.2. The topological polar surface area (TPSA) is 32.3 Å². The van der Waals surface area contributed by atoms with Crippen molar-refractivity contribution < 1.29 is 4.79 Å². The van der Waals surface area contributed by atoms with Gasteiger partial charge in [0.05, 0.1) is 5.41 Å². The second-order valence-electron chi connectivity index (χ2n) is 6.34. The molecular formula is C18H28N2O. The van der Waals surface area contributed by atoms with Gasteiger partial charge in [0.1, 0.15) is 0 Å². The SMILES string of the molecule is CNCCN(C)C(=O)C1(c2cccc(C)c2)CCCCC1. The molecule has 0 heterocycles. The molecule has 0 aromatic heterocycles. The molecule has 1 aromatic carbocycles. The van der Waals surface area contributed by atoms with E-state index >= 15 is 0 Å². The van der Waals surface area contributed by atoms with Crippen molar-refractivity contribution in [3.8, 4) is 0 Å². The molecule has 0 radical (unpaired) electrons. The standard InChI is InChI=1S/C18H28N2O/c1-15-8-7-9-16(14-15)18(10-5-4-6-11-18)17(21)20(3)13-12-19-2/h7-9,14,19H,4-6,10-13H2,1-3H3. The number of rotatable bonds is 5. The summed E-state index contributed by atoms with van der Waals surface area (Å²) in [5.74, 6) is 0.294. The van der Waals surface area contributed by atoms with E-state index in [2.05, 4.69) is 36.5 Å². The second-order valence-corrected chi connectivity index (χ2v) is 6.34. The molecule has 0 bridgehead atoms. The number of amides is 1. The van der Waals surface area contributed by atoms with E-state index < -0.39 is 0 Å². The zero-order valence-electron chi connectivity index (χ0n) is 13.6. The fraction of sp³-hybridized carbons (Fsp3) is 0.611. The van der Waals surface area contributed by atoms with Crippen molar-refractivity contribution in [1.29, 1.82) is 0 Å². The van der Waals surface area contributed by atoms with Crippen LogP contribution in [-0.2, 0) is 10.2 Å². The van der Waals surface area contributed by atoms with Crippen molar-refractivity contribution in [2.75, 3.05) is 27.2 Å². The first-order valence-electron chi connectivity index (χ1n) is 8.07. The van der Waals surface area contributed by atoms with E-state index in [0.717, 1.165) is 38.8 Å². The molecule has 0 unspecified atom stereocenters. The zero-order valence-corrected chi connectivity index (χ0v) is 13.6. The molecule has 1 fully saturated rings. The van der Waals surface area contributed by atoms with Crippen LogP contribution < -0.4 is 5.32 Å². The minimum atomic E-state index is -0.299. The maximum atomic E-state index is 13.1. The molecular weight excluding hydrogens is 260 g/mol. The summed E-state index contributed by atoms with van der Waals surface area (Å²) >= 11 is 0. The van der Waals surface area contributed by atoms with Crippen molar-refractivity contribution in [2.45, 2.75) is 44.4 Å². The Hall–Kier alpha value is -1.35. The van der Waals surface area contributed by atoms with E-state index in [1.165, 1.54) is 17.5 Å².